The molecule has 0 radical (unpaired) electrons. The highest BCUT2D eigenvalue weighted by Gasteiger charge is 2.15. The zero-order valence-electron chi connectivity index (χ0n) is 12.3. The van der Waals surface area contributed by atoms with E-state index in [-0.39, 0.29) is 17.7 Å². The fourth-order valence-corrected chi connectivity index (χ4v) is 2.38. The molecule has 0 aromatic heterocycles. The van der Waals surface area contributed by atoms with E-state index < -0.39 is 0 Å². The molecule has 2 rings (SSSR count). The van der Waals surface area contributed by atoms with Crippen LogP contribution in [0.25, 0.3) is 0 Å². The summed E-state index contributed by atoms with van der Waals surface area (Å²) in [5, 5.41) is 3.14. The molecule has 0 saturated heterocycles. The van der Waals surface area contributed by atoms with Crippen LogP contribution in [0.1, 0.15) is 17.2 Å². The Morgan fingerprint density at radius 2 is 1.71 bits per heavy atom. The van der Waals surface area contributed by atoms with Gasteiger partial charge in [0, 0.05) is 24.7 Å². The van der Waals surface area contributed by atoms with Gasteiger partial charge in [0.2, 0.25) is 0 Å². The van der Waals surface area contributed by atoms with E-state index in [4.69, 9.17) is 0 Å². The van der Waals surface area contributed by atoms with Crippen LogP contribution in [0.4, 0.5) is 8.78 Å². The second-order valence-corrected chi connectivity index (χ2v) is 5.19. The Bertz CT molecular complexity index is 569. The molecule has 0 spiro atoms. The Balaban J connectivity index is 2.01. The SMILES string of the molecule is CNC(CN(C)Cc1ccc(F)cc1)c1ccccc1F. The van der Waals surface area contributed by atoms with Crippen molar-refractivity contribution < 1.29 is 8.78 Å². The van der Waals surface area contributed by atoms with E-state index in [1.54, 1.807) is 24.3 Å². The van der Waals surface area contributed by atoms with Gasteiger partial charge in [-0.15, -0.1) is 0 Å². The maximum atomic E-state index is 13.8. The van der Waals surface area contributed by atoms with Gasteiger partial charge >= 0.3 is 0 Å². The summed E-state index contributed by atoms with van der Waals surface area (Å²) in [5.41, 5.74) is 1.69. The third-order valence-electron chi connectivity index (χ3n) is 3.49. The fourth-order valence-electron chi connectivity index (χ4n) is 2.38. The lowest BCUT2D eigenvalue weighted by Crippen LogP contribution is -2.31. The van der Waals surface area contributed by atoms with Crippen LogP contribution in [-0.4, -0.2) is 25.5 Å². The first-order valence-corrected chi connectivity index (χ1v) is 6.95. The van der Waals surface area contributed by atoms with Gasteiger partial charge in [-0.25, -0.2) is 8.78 Å². The minimum atomic E-state index is -0.235. The van der Waals surface area contributed by atoms with E-state index in [9.17, 15) is 8.78 Å². The van der Waals surface area contributed by atoms with E-state index in [0.717, 1.165) is 5.56 Å². The zero-order valence-corrected chi connectivity index (χ0v) is 12.3. The lowest BCUT2D eigenvalue weighted by Gasteiger charge is -2.24. The Morgan fingerprint density at radius 1 is 1.05 bits per heavy atom. The van der Waals surface area contributed by atoms with Crippen LogP contribution >= 0.6 is 0 Å². The molecule has 0 aliphatic rings. The van der Waals surface area contributed by atoms with Crippen molar-refractivity contribution in [2.75, 3.05) is 20.6 Å². The molecule has 0 fully saturated rings. The Morgan fingerprint density at radius 3 is 2.33 bits per heavy atom. The highest BCUT2D eigenvalue weighted by molar-refractivity contribution is 5.22. The predicted octanol–water partition coefficient (Wildman–Crippen LogP) is 3.36. The summed E-state index contributed by atoms with van der Waals surface area (Å²) in [6.45, 7) is 1.35. The molecule has 0 aliphatic heterocycles. The summed E-state index contributed by atoms with van der Waals surface area (Å²) in [6.07, 6.45) is 0. The van der Waals surface area contributed by atoms with Gasteiger partial charge in [0.1, 0.15) is 11.6 Å². The van der Waals surface area contributed by atoms with Gasteiger partial charge in [0.05, 0.1) is 0 Å². The average molecular weight is 290 g/mol. The van der Waals surface area contributed by atoms with Crippen molar-refractivity contribution in [1.82, 2.24) is 10.2 Å². The van der Waals surface area contributed by atoms with Gasteiger partial charge in [-0.05, 0) is 37.9 Å². The van der Waals surface area contributed by atoms with Crippen molar-refractivity contribution in [2.45, 2.75) is 12.6 Å². The van der Waals surface area contributed by atoms with Crippen molar-refractivity contribution >= 4 is 0 Å². The van der Waals surface area contributed by atoms with E-state index in [1.807, 2.05) is 20.2 Å². The van der Waals surface area contributed by atoms with Crippen LogP contribution in [0.3, 0.4) is 0 Å². The van der Waals surface area contributed by atoms with Gasteiger partial charge in [-0.2, -0.15) is 0 Å². The van der Waals surface area contributed by atoms with Crippen molar-refractivity contribution in [3.05, 3.63) is 71.3 Å². The van der Waals surface area contributed by atoms with E-state index >= 15 is 0 Å². The number of nitrogens with zero attached hydrogens (tertiary/aromatic N) is 1. The number of benzene rings is 2. The van der Waals surface area contributed by atoms with Gasteiger partial charge in [-0.1, -0.05) is 30.3 Å². The largest absolute Gasteiger partial charge is 0.312 e. The fraction of sp³-hybridized carbons (Fsp3) is 0.294. The highest BCUT2D eigenvalue weighted by Crippen LogP contribution is 2.18. The average Bonchev–Trinajstić information content (AvgIpc) is 2.48. The number of hydrogen-bond donors (Lipinski definition) is 1. The molecule has 0 amide bonds. The first-order chi connectivity index (χ1) is 10.1. The van der Waals surface area contributed by atoms with Gasteiger partial charge in [-0.3, -0.25) is 0 Å². The second-order valence-electron chi connectivity index (χ2n) is 5.19. The number of hydrogen-bond acceptors (Lipinski definition) is 2. The summed E-state index contributed by atoms with van der Waals surface area (Å²) in [6, 6.07) is 13.1. The summed E-state index contributed by atoms with van der Waals surface area (Å²) in [4.78, 5) is 2.08. The summed E-state index contributed by atoms with van der Waals surface area (Å²) in [5.74, 6) is -0.437. The number of nitrogens with one attached hydrogen (secondary N) is 1. The van der Waals surface area contributed by atoms with Crippen LogP contribution in [0.5, 0.6) is 0 Å². The molecule has 0 heterocycles. The Kier molecular flexibility index (Phi) is 5.42. The van der Waals surface area contributed by atoms with Crippen LogP contribution in [-0.2, 0) is 6.54 Å². The highest BCUT2D eigenvalue weighted by atomic mass is 19.1. The molecule has 0 saturated carbocycles. The molecule has 0 aliphatic carbocycles. The second kappa shape index (κ2) is 7.29. The standard InChI is InChI=1S/C17H20F2N2/c1-20-17(15-5-3-4-6-16(15)19)12-21(2)11-13-7-9-14(18)10-8-13/h3-10,17,20H,11-12H2,1-2H3. The van der Waals surface area contributed by atoms with Gasteiger partial charge in [0.15, 0.2) is 0 Å². The molecule has 2 aromatic carbocycles. The molecular formula is C17H20F2N2. The van der Waals surface area contributed by atoms with Gasteiger partial charge < -0.3 is 10.2 Å². The van der Waals surface area contributed by atoms with Crippen LogP contribution in [0.2, 0.25) is 0 Å². The molecule has 1 N–H and O–H groups in total. The molecule has 1 atom stereocenters. The quantitative estimate of drug-likeness (QED) is 0.877. The van der Waals surface area contributed by atoms with E-state index in [0.29, 0.717) is 18.7 Å². The minimum absolute atomic E-state index is 0.0864. The summed E-state index contributed by atoms with van der Waals surface area (Å²) < 4.78 is 26.7. The normalized spacial score (nSPS) is 12.6. The molecule has 21 heavy (non-hydrogen) atoms. The number of rotatable bonds is 6. The first-order valence-electron chi connectivity index (χ1n) is 6.95. The minimum Gasteiger partial charge on any atom is -0.312 e. The summed E-state index contributed by atoms with van der Waals surface area (Å²) in [7, 11) is 3.79. The maximum Gasteiger partial charge on any atom is 0.128 e. The monoisotopic (exact) mass is 290 g/mol. The van der Waals surface area contributed by atoms with Crippen LogP contribution in [0, 0.1) is 11.6 Å². The number of halogens is 2. The molecule has 4 heteroatoms. The van der Waals surface area contributed by atoms with E-state index in [2.05, 4.69) is 10.2 Å². The molecule has 0 bridgehead atoms. The third-order valence-corrected chi connectivity index (χ3v) is 3.49. The van der Waals surface area contributed by atoms with Crippen molar-refractivity contribution in [1.29, 1.82) is 0 Å². The topological polar surface area (TPSA) is 15.3 Å². The maximum absolute atomic E-state index is 13.8. The third kappa shape index (κ3) is 4.34. The zero-order chi connectivity index (χ0) is 15.2. The Hall–Kier alpha value is -1.78. The van der Waals surface area contributed by atoms with Crippen molar-refractivity contribution in [3.63, 3.8) is 0 Å². The Labute approximate surface area is 124 Å². The van der Waals surface area contributed by atoms with Crippen LogP contribution < -0.4 is 5.32 Å². The molecular weight excluding hydrogens is 270 g/mol. The molecule has 112 valence electrons. The van der Waals surface area contributed by atoms with Gasteiger partial charge in [0.25, 0.3) is 0 Å². The molecule has 2 aromatic rings. The van der Waals surface area contributed by atoms with Crippen molar-refractivity contribution in [3.8, 4) is 0 Å². The number of likely N-dealkylation sites (N-methyl/N-ethyl adjacent to an activating group) is 2. The smallest absolute Gasteiger partial charge is 0.128 e. The lowest BCUT2D eigenvalue weighted by atomic mass is 10.1. The van der Waals surface area contributed by atoms with Crippen LogP contribution in [0.15, 0.2) is 48.5 Å². The van der Waals surface area contributed by atoms with E-state index in [1.165, 1.54) is 18.2 Å². The first kappa shape index (κ1) is 15.6. The summed E-state index contributed by atoms with van der Waals surface area (Å²) >= 11 is 0. The molecule has 2 nitrogen and oxygen atoms in total. The van der Waals surface area contributed by atoms with Crippen molar-refractivity contribution in [2.24, 2.45) is 0 Å². The molecule has 1 unspecified atom stereocenters. The lowest BCUT2D eigenvalue weighted by molar-refractivity contribution is 0.286. The predicted molar refractivity (Wildman–Crippen MR) is 80.9 cm³/mol.